The second-order valence-electron chi connectivity index (χ2n) is 2.58. The van der Waals surface area contributed by atoms with E-state index in [4.69, 9.17) is 16.0 Å². The molecule has 72 valence electrons. The summed E-state index contributed by atoms with van der Waals surface area (Å²) in [5.41, 5.74) is 0.287. The van der Waals surface area contributed by atoms with Gasteiger partial charge in [-0.1, -0.05) is 11.6 Å². The first-order chi connectivity index (χ1) is 6.70. The first-order valence-electron chi connectivity index (χ1n) is 3.72. The second-order valence-corrected chi connectivity index (χ2v) is 3.85. The van der Waals surface area contributed by atoms with Crippen LogP contribution in [0.25, 0.3) is 11.3 Å². The molecule has 0 unspecified atom stereocenters. The summed E-state index contributed by atoms with van der Waals surface area (Å²) >= 11 is 8.86. The van der Waals surface area contributed by atoms with Crippen molar-refractivity contribution in [1.29, 1.82) is 0 Å². The Morgan fingerprint density at radius 1 is 1.43 bits per heavy atom. The van der Waals surface area contributed by atoms with Crippen LogP contribution in [0.3, 0.4) is 0 Å². The minimum Gasteiger partial charge on any atom is -0.443 e. The van der Waals surface area contributed by atoms with Gasteiger partial charge < -0.3 is 4.42 Å². The predicted molar refractivity (Wildman–Crippen MR) is 54.6 cm³/mol. The molecule has 2 aromatic rings. The molecule has 0 fully saturated rings. The van der Waals surface area contributed by atoms with E-state index in [-0.39, 0.29) is 10.6 Å². The SMILES string of the molecule is Fc1c(Cl)ccc(Br)c1-c1cnco1. The highest BCUT2D eigenvalue weighted by atomic mass is 79.9. The van der Waals surface area contributed by atoms with Crippen LogP contribution in [-0.2, 0) is 0 Å². The number of benzene rings is 1. The Bertz CT molecular complexity index is 458. The van der Waals surface area contributed by atoms with E-state index in [1.807, 2.05) is 0 Å². The van der Waals surface area contributed by atoms with Crippen molar-refractivity contribution in [3.05, 3.63) is 40.0 Å². The molecule has 0 aliphatic rings. The number of hydrogen-bond acceptors (Lipinski definition) is 2. The van der Waals surface area contributed by atoms with Gasteiger partial charge in [-0.25, -0.2) is 9.37 Å². The predicted octanol–water partition coefficient (Wildman–Crippen LogP) is 3.90. The molecule has 0 bridgehead atoms. The molecule has 0 radical (unpaired) electrons. The molecule has 1 heterocycles. The van der Waals surface area contributed by atoms with E-state index in [1.54, 1.807) is 6.07 Å². The zero-order valence-corrected chi connectivity index (χ0v) is 9.14. The Balaban J connectivity index is 2.69. The maximum atomic E-state index is 13.6. The number of oxazole rings is 1. The second kappa shape index (κ2) is 3.71. The van der Waals surface area contributed by atoms with Crippen LogP contribution in [0.5, 0.6) is 0 Å². The number of rotatable bonds is 1. The van der Waals surface area contributed by atoms with Crippen molar-refractivity contribution >= 4 is 27.5 Å². The van der Waals surface area contributed by atoms with E-state index in [0.29, 0.717) is 10.2 Å². The minimum atomic E-state index is -0.516. The number of aromatic nitrogens is 1. The third-order valence-electron chi connectivity index (χ3n) is 1.72. The fourth-order valence-electron chi connectivity index (χ4n) is 1.09. The standard InChI is InChI=1S/C9H4BrClFNO/c10-5-1-2-6(11)9(12)8(5)7-3-13-4-14-7/h1-4H. The molecule has 2 rings (SSSR count). The van der Waals surface area contributed by atoms with Gasteiger partial charge in [-0.2, -0.15) is 0 Å². The van der Waals surface area contributed by atoms with E-state index < -0.39 is 5.82 Å². The van der Waals surface area contributed by atoms with Crippen molar-refractivity contribution in [3.8, 4) is 11.3 Å². The van der Waals surface area contributed by atoms with Crippen molar-refractivity contribution in [1.82, 2.24) is 4.98 Å². The minimum absolute atomic E-state index is 0.0552. The van der Waals surface area contributed by atoms with Crippen LogP contribution in [0.15, 0.2) is 33.6 Å². The molecular weight excluding hydrogens is 272 g/mol. The summed E-state index contributed by atoms with van der Waals surface area (Å²) in [6.45, 7) is 0. The average molecular weight is 276 g/mol. The lowest BCUT2D eigenvalue weighted by molar-refractivity contribution is 0.561. The Morgan fingerprint density at radius 2 is 2.21 bits per heavy atom. The molecule has 5 heteroatoms. The van der Waals surface area contributed by atoms with Gasteiger partial charge >= 0.3 is 0 Å². The van der Waals surface area contributed by atoms with E-state index in [1.165, 1.54) is 18.7 Å². The maximum Gasteiger partial charge on any atom is 0.181 e. The van der Waals surface area contributed by atoms with Gasteiger partial charge in [0.2, 0.25) is 0 Å². The highest BCUT2D eigenvalue weighted by Crippen LogP contribution is 2.34. The first-order valence-corrected chi connectivity index (χ1v) is 4.89. The molecule has 0 N–H and O–H groups in total. The van der Waals surface area contributed by atoms with Crippen molar-refractivity contribution < 1.29 is 8.81 Å². The Labute approximate surface area is 92.8 Å². The van der Waals surface area contributed by atoms with Crippen LogP contribution < -0.4 is 0 Å². The first kappa shape index (κ1) is 9.68. The van der Waals surface area contributed by atoms with Crippen LogP contribution in [0.4, 0.5) is 4.39 Å². The normalized spacial score (nSPS) is 10.5. The molecule has 0 saturated carbocycles. The number of halogens is 3. The lowest BCUT2D eigenvalue weighted by Gasteiger charge is -2.03. The van der Waals surface area contributed by atoms with Crippen LogP contribution in [0.2, 0.25) is 5.02 Å². The molecule has 0 saturated heterocycles. The van der Waals surface area contributed by atoms with Gasteiger partial charge in [0.15, 0.2) is 18.0 Å². The van der Waals surface area contributed by atoms with Crippen molar-refractivity contribution in [3.63, 3.8) is 0 Å². The van der Waals surface area contributed by atoms with Crippen LogP contribution in [0, 0.1) is 5.82 Å². The molecule has 0 aliphatic heterocycles. The summed E-state index contributed by atoms with van der Waals surface area (Å²) in [6.07, 6.45) is 2.67. The highest BCUT2D eigenvalue weighted by molar-refractivity contribution is 9.10. The monoisotopic (exact) mass is 275 g/mol. The summed E-state index contributed by atoms with van der Waals surface area (Å²) in [7, 11) is 0. The fourth-order valence-corrected chi connectivity index (χ4v) is 1.75. The van der Waals surface area contributed by atoms with E-state index >= 15 is 0 Å². The zero-order chi connectivity index (χ0) is 10.1. The zero-order valence-electron chi connectivity index (χ0n) is 6.80. The summed E-state index contributed by atoms with van der Waals surface area (Å²) < 4.78 is 19.2. The van der Waals surface area contributed by atoms with Gasteiger partial charge in [0, 0.05) is 4.47 Å². The Kier molecular flexibility index (Phi) is 2.56. The topological polar surface area (TPSA) is 26.0 Å². The highest BCUT2D eigenvalue weighted by Gasteiger charge is 2.15. The summed E-state index contributed by atoms with van der Waals surface area (Å²) in [4.78, 5) is 3.71. The molecule has 0 atom stereocenters. The quantitative estimate of drug-likeness (QED) is 0.738. The lowest BCUT2D eigenvalue weighted by atomic mass is 10.2. The van der Waals surface area contributed by atoms with E-state index in [0.717, 1.165) is 0 Å². The van der Waals surface area contributed by atoms with Crippen molar-refractivity contribution in [2.24, 2.45) is 0 Å². The smallest absolute Gasteiger partial charge is 0.181 e. The van der Waals surface area contributed by atoms with Gasteiger partial charge in [-0.15, -0.1) is 0 Å². The van der Waals surface area contributed by atoms with Crippen LogP contribution in [-0.4, -0.2) is 4.98 Å². The summed E-state index contributed by atoms with van der Waals surface area (Å²) in [6, 6.07) is 3.13. The lowest BCUT2D eigenvalue weighted by Crippen LogP contribution is -1.85. The van der Waals surface area contributed by atoms with Gasteiger partial charge in [0.05, 0.1) is 16.8 Å². The van der Waals surface area contributed by atoms with Gasteiger partial charge in [0.25, 0.3) is 0 Å². The molecule has 2 nitrogen and oxygen atoms in total. The molecule has 14 heavy (non-hydrogen) atoms. The van der Waals surface area contributed by atoms with Gasteiger partial charge in [-0.3, -0.25) is 0 Å². The molecular formula is C9H4BrClFNO. The number of hydrogen-bond donors (Lipinski definition) is 0. The van der Waals surface area contributed by atoms with E-state index in [2.05, 4.69) is 20.9 Å². The maximum absolute atomic E-state index is 13.6. The summed E-state index contributed by atoms with van der Waals surface area (Å²) in [5.74, 6) is -0.172. The fraction of sp³-hybridized carbons (Fsp3) is 0. The van der Waals surface area contributed by atoms with E-state index in [9.17, 15) is 4.39 Å². The molecule has 0 aliphatic carbocycles. The number of nitrogens with zero attached hydrogens (tertiary/aromatic N) is 1. The Morgan fingerprint density at radius 3 is 2.86 bits per heavy atom. The van der Waals surface area contributed by atoms with Crippen molar-refractivity contribution in [2.45, 2.75) is 0 Å². The molecule has 0 amide bonds. The van der Waals surface area contributed by atoms with Gasteiger partial charge in [0.1, 0.15) is 0 Å². The molecule has 1 aromatic heterocycles. The van der Waals surface area contributed by atoms with Gasteiger partial charge in [-0.05, 0) is 28.1 Å². The van der Waals surface area contributed by atoms with Crippen molar-refractivity contribution in [2.75, 3.05) is 0 Å². The Hall–Kier alpha value is -0.870. The average Bonchev–Trinajstić information content (AvgIpc) is 2.65. The molecule has 0 spiro atoms. The largest absolute Gasteiger partial charge is 0.443 e. The third-order valence-corrected chi connectivity index (χ3v) is 2.68. The third kappa shape index (κ3) is 1.55. The molecule has 1 aromatic carbocycles. The summed E-state index contributed by atoms with van der Waals surface area (Å²) in [5, 5.41) is 0.0552. The van der Waals surface area contributed by atoms with Crippen LogP contribution in [0.1, 0.15) is 0 Å². The van der Waals surface area contributed by atoms with Crippen LogP contribution >= 0.6 is 27.5 Å².